The molecule has 0 spiro atoms. The molecule has 0 aromatic heterocycles. The van der Waals surface area contributed by atoms with E-state index in [0.717, 1.165) is 17.5 Å². The van der Waals surface area contributed by atoms with Crippen LogP contribution in [0.3, 0.4) is 0 Å². The maximum Gasteiger partial charge on any atom is 0.504 e. The predicted molar refractivity (Wildman–Crippen MR) is 103 cm³/mol. The summed E-state index contributed by atoms with van der Waals surface area (Å²) in [6.45, 7) is 6.85. The standard InChI is InChI=1S/C19H33BO6/c1-5-6-7-8-10-19(2,3)16-12-15(9-11-25-22)18(26-20-21)17(13-16)24-14-23-4/h12-13,20-22H,5-11,14H2,1-4H3. The summed E-state index contributed by atoms with van der Waals surface area (Å²) in [5.41, 5.74) is 1.91. The van der Waals surface area contributed by atoms with Crippen LogP contribution in [0.1, 0.15) is 64.0 Å². The molecule has 0 radical (unpaired) electrons. The second-order valence-electron chi connectivity index (χ2n) is 7.06. The number of benzene rings is 1. The predicted octanol–water partition coefficient (Wildman–Crippen LogP) is 3.59. The molecule has 0 aliphatic carbocycles. The zero-order chi connectivity index (χ0) is 19.4. The average molecular weight is 368 g/mol. The molecule has 0 saturated heterocycles. The van der Waals surface area contributed by atoms with Gasteiger partial charge in [-0.3, -0.25) is 5.26 Å². The highest BCUT2D eigenvalue weighted by Crippen LogP contribution is 2.39. The molecule has 0 bridgehead atoms. The first-order chi connectivity index (χ1) is 12.5. The molecule has 0 heterocycles. The zero-order valence-corrected chi connectivity index (χ0v) is 16.5. The number of ether oxygens (including phenoxy) is 2. The van der Waals surface area contributed by atoms with Gasteiger partial charge in [-0.1, -0.05) is 52.5 Å². The van der Waals surface area contributed by atoms with Crippen molar-refractivity contribution in [1.82, 2.24) is 0 Å². The molecule has 0 unspecified atom stereocenters. The molecule has 148 valence electrons. The molecule has 0 fully saturated rings. The van der Waals surface area contributed by atoms with Crippen molar-refractivity contribution in [3.8, 4) is 11.5 Å². The molecule has 0 aliphatic heterocycles. The van der Waals surface area contributed by atoms with Crippen molar-refractivity contribution in [2.75, 3.05) is 20.5 Å². The van der Waals surface area contributed by atoms with Crippen LogP contribution < -0.4 is 9.39 Å². The minimum Gasteiger partial charge on any atom is -0.536 e. The third-order valence-electron chi connectivity index (χ3n) is 4.57. The molecule has 26 heavy (non-hydrogen) atoms. The van der Waals surface area contributed by atoms with Crippen molar-refractivity contribution in [1.29, 1.82) is 0 Å². The first-order valence-corrected chi connectivity index (χ1v) is 9.29. The van der Waals surface area contributed by atoms with Crippen molar-refractivity contribution >= 4 is 7.69 Å². The third-order valence-corrected chi connectivity index (χ3v) is 4.57. The van der Waals surface area contributed by atoms with Crippen LogP contribution in [0.4, 0.5) is 0 Å². The molecule has 0 aliphatic rings. The van der Waals surface area contributed by atoms with Gasteiger partial charge in [0.2, 0.25) is 0 Å². The van der Waals surface area contributed by atoms with Crippen LogP contribution in [0.2, 0.25) is 0 Å². The Hall–Kier alpha value is -1.28. The Morgan fingerprint density at radius 2 is 1.92 bits per heavy atom. The third kappa shape index (κ3) is 7.15. The van der Waals surface area contributed by atoms with E-state index < -0.39 is 7.69 Å². The van der Waals surface area contributed by atoms with Gasteiger partial charge in [0.25, 0.3) is 0 Å². The molecule has 1 aromatic carbocycles. The summed E-state index contributed by atoms with van der Waals surface area (Å²) in [5, 5.41) is 17.9. The zero-order valence-electron chi connectivity index (χ0n) is 16.5. The minimum atomic E-state index is -0.462. The molecule has 1 aromatic rings. The highest BCUT2D eigenvalue weighted by Gasteiger charge is 2.24. The fourth-order valence-corrected chi connectivity index (χ4v) is 2.99. The Morgan fingerprint density at radius 1 is 1.15 bits per heavy atom. The van der Waals surface area contributed by atoms with Gasteiger partial charge in [-0.2, -0.15) is 0 Å². The summed E-state index contributed by atoms with van der Waals surface area (Å²) >= 11 is 0. The van der Waals surface area contributed by atoms with E-state index in [0.29, 0.717) is 17.9 Å². The summed E-state index contributed by atoms with van der Waals surface area (Å²) < 4.78 is 16.1. The first kappa shape index (κ1) is 22.8. The van der Waals surface area contributed by atoms with Crippen LogP contribution >= 0.6 is 0 Å². The maximum atomic E-state index is 9.23. The van der Waals surface area contributed by atoms with Crippen molar-refractivity contribution in [2.45, 2.75) is 64.7 Å². The van der Waals surface area contributed by atoms with Crippen LogP contribution in [0.25, 0.3) is 0 Å². The van der Waals surface area contributed by atoms with Gasteiger partial charge in [-0.15, -0.1) is 0 Å². The maximum absolute atomic E-state index is 9.23. The topological polar surface area (TPSA) is 77.4 Å². The summed E-state index contributed by atoms with van der Waals surface area (Å²) in [4.78, 5) is 4.23. The molecule has 7 heteroatoms. The Labute approximate surface area is 157 Å². The highest BCUT2D eigenvalue weighted by atomic mass is 17.1. The quantitative estimate of drug-likeness (QED) is 0.172. The second kappa shape index (κ2) is 12.2. The van der Waals surface area contributed by atoms with Crippen LogP contribution in [-0.4, -0.2) is 38.5 Å². The lowest BCUT2D eigenvalue weighted by Gasteiger charge is -2.28. The van der Waals surface area contributed by atoms with E-state index in [1.165, 1.54) is 25.7 Å². The van der Waals surface area contributed by atoms with E-state index in [-0.39, 0.29) is 18.8 Å². The molecule has 0 atom stereocenters. The molecule has 6 nitrogen and oxygen atoms in total. The fraction of sp³-hybridized carbons (Fsp3) is 0.684. The van der Waals surface area contributed by atoms with Crippen LogP contribution in [0.5, 0.6) is 11.5 Å². The molecular formula is C19H33BO6. The molecule has 2 N–H and O–H groups in total. The van der Waals surface area contributed by atoms with Gasteiger partial charge >= 0.3 is 7.69 Å². The number of rotatable bonds is 14. The van der Waals surface area contributed by atoms with E-state index in [4.69, 9.17) is 19.4 Å². The SMILES string of the molecule is CCCCCCC(C)(C)c1cc(CCOO)c(OBO)c(OCOC)c1. The van der Waals surface area contributed by atoms with Crippen molar-refractivity contribution < 1.29 is 29.3 Å². The molecule has 0 saturated carbocycles. The monoisotopic (exact) mass is 368 g/mol. The van der Waals surface area contributed by atoms with Crippen molar-refractivity contribution in [3.05, 3.63) is 23.3 Å². The van der Waals surface area contributed by atoms with E-state index in [9.17, 15) is 5.02 Å². The van der Waals surface area contributed by atoms with Gasteiger partial charge in [0.15, 0.2) is 12.5 Å². The normalized spacial score (nSPS) is 11.5. The van der Waals surface area contributed by atoms with Gasteiger partial charge in [0.1, 0.15) is 5.75 Å². The van der Waals surface area contributed by atoms with Gasteiger partial charge in [-0.05, 0) is 29.0 Å². The van der Waals surface area contributed by atoms with Gasteiger partial charge in [0.05, 0.1) is 6.61 Å². The fourth-order valence-electron chi connectivity index (χ4n) is 2.99. The first-order valence-electron chi connectivity index (χ1n) is 9.29. The van der Waals surface area contributed by atoms with E-state index in [2.05, 4.69) is 25.7 Å². The average Bonchev–Trinajstić information content (AvgIpc) is 2.63. The summed E-state index contributed by atoms with van der Waals surface area (Å²) in [5.74, 6) is 0.972. The van der Waals surface area contributed by atoms with Gasteiger partial charge in [0, 0.05) is 13.5 Å². The Kier molecular flexibility index (Phi) is 10.7. The smallest absolute Gasteiger partial charge is 0.504 e. The van der Waals surface area contributed by atoms with Crippen LogP contribution in [0, 0.1) is 0 Å². The Bertz CT molecular complexity index is 492. The lowest BCUT2D eigenvalue weighted by Crippen LogP contribution is -2.19. The molecular weight excluding hydrogens is 335 g/mol. The summed E-state index contributed by atoms with van der Waals surface area (Å²) in [7, 11) is 1.09. The number of unbranched alkanes of at least 4 members (excludes halogenated alkanes) is 3. The van der Waals surface area contributed by atoms with Crippen LogP contribution in [-0.2, 0) is 21.5 Å². The Balaban J connectivity index is 3.15. The summed E-state index contributed by atoms with van der Waals surface area (Å²) in [6.07, 6.45) is 6.36. The molecule has 0 amide bonds. The van der Waals surface area contributed by atoms with Crippen LogP contribution in [0.15, 0.2) is 12.1 Å². The summed E-state index contributed by atoms with van der Waals surface area (Å²) in [6, 6.07) is 4.00. The van der Waals surface area contributed by atoms with Gasteiger partial charge in [-0.25, -0.2) is 4.89 Å². The number of hydrogen-bond acceptors (Lipinski definition) is 6. The minimum absolute atomic E-state index is 0.0362. The van der Waals surface area contributed by atoms with Crippen molar-refractivity contribution in [2.24, 2.45) is 0 Å². The van der Waals surface area contributed by atoms with E-state index >= 15 is 0 Å². The van der Waals surface area contributed by atoms with Crippen molar-refractivity contribution in [3.63, 3.8) is 0 Å². The highest BCUT2D eigenvalue weighted by molar-refractivity contribution is 6.17. The Morgan fingerprint density at radius 3 is 2.54 bits per heavy atom. The van der Waals surface area contributed by atoms with Gasteiger partial charge < -0.3 is 19.2 Å². The lowest BCUT2D eigenvalue weighted by atomic mass is 9.79. The molecule has 1 rings (SSSR count). The lowest BCUT2D eigenvalue weighted by molar-refractivity contribution is -0.241. The van der Waals surface area contributed by atoms with E-state index in [1.807, 2.05) is 12.1 Å². The number of methoxy groups -OCH3 is 1. The van der Waals surface area contributed by atoms with E-state index in [1.54, 1.807) is 7.11 Å². The second-order valence-corrected chi connectivity index (χ2v) is 7.06. The largest absolute Gasteiger partial charge is 0.536 e. The number of hydrogen-bond donors (Lipinski definition) is 2.